The molecule has 17 heavy (non-hydrogen) atoms. The molecule has 5 heteroatoms. The van der Waals surface area contributed by atoms with E-state index in [0.29, 0.717) is 0 Å². The maximum Gasteiger partial charge on any atom is 0.124 e. The number of methoxy groups -OCH3 is 1. The van der Waals surface area contributed by atoms with Gasteiger partial charge < -0.3 is 15.2 Å². The Kier molecular flexibility index (Phi) is 3.54. The van der Waals surface area contributed by atoms with Crippen LogP contribution in [0.2, 0.25) is 0 Å². The quantitative estimate of drug-likeness (QED) is 0.898. The highest BCUT2D eigenvalue weighted by Crippen LogP contribution is 2.34. The van der Waals surface area contributed by atoms with Crippen molar-refractivity contribution in [2.24, 2.45) is 5.73 Å². The van der Waals surface area contributed by atoms with Crippen molar-refractivity contribution in [3.63, 3.8) is 0 Å². The first-order chi connectivity index (χ1) is 7.98. The van der Waals surface area contributed by atoms with E-state index in [1.54, 1.807) is 18.4 Å². The summed E-state index contributed by atoms with van der Waals surface area (Å²) in [6.07, 6.45) is 1.67. The van der Waals surface area contributed by atoms with E-state index in [0.717, 1.165) is 36.8 Å². The Balaban J connectivity index is 2.23. The molecule has 0 bridgehead atoms. The molecule has 0 aromatic carbocycles. The highest BCUT2D eigenvalue weighted by atomic mass is 32.1. The summed E-state index contributed by atoms with van der Waals surface area (Å²) in [6.45, 7) is 5.47. The summed E-state index contributed by atoms with van der Waals surface area (Å²) < 4.78 is 10.8. The zero-order valence-electron chi connectivity index (χ0n) is 10.7. The van der Waals surface area contributed by atoms with Gasteiger partial charge in [-0.25, -0.2) is 4.98 Å². The van der Waals surface area contributed by atoms with Gasteiger partial charge in [-0.2, -0.15) is 0 Å². The van der Waals surface area contributed by atoms with Gasteiger partial charge >= 0.3 is 0 Å². The second-order valence-corrected chi connectivity index (χ2v) is 5.88. The Bertz CT molecular complexity index is 384. The van der Waals surface area contributed by atoms with E-state index in [2.05, 4.69) is 10.4 Å². The molecule has 0 spiro atoms. The van der Waals surface area contributed by atoms with Crippen LogP contribution in [0.4, 0.5) is 0 Å². The van der Waals surface area contributed by atoms with Gasteiger partial charge in [0.15, 0.2) is 0 Å². The van der Waals surface area contributed by atoms with Gasteiger partial charge in [-0.3, -0.25) is 0 Å². The van der Waals surface area contributed by atoms with E-state index in [9.17, 15) is 0 Å². The Morgan fingerprint density at radius 3 is 2.71 bits per heavy atom. The molecule has 0 aliphatic carbocycles. The van der Waals surface area contributed by atoms with Crippen LogP contribution in [-0.2, 0) is 20.6 Å². The van der Waals surface area contributed by atoms with Crippen molar-refractivity contribution in [1.29, 1.82) is 0 Å². The number of nitrogens with zero attached hydrogens (tertiary/aromatic N) is 1. The normalized spacial score (nSPS) is 20.5. The maximum absolute atomic E-state index is 6.40. The maximum atomic E-state index is 6.40. The molecule has 1 aromatic rings. The number of nitrogens with two attached hydrogens (primary N) is 1. The minimum atomic E-state index is -0.343. The van der Waals surface area contributed by atoms with Crippen LogP contribution in [0.5, 0.6) is 0 Å². The largest absolute Gasteiger partial charge is 0.381 e. The number of rotatable bonds is 3. The lowest BCUT2D eigenvalue weighted by Gasteiger charge is -2.31. The van der Waals surface area contributed by atoms with Gasteiger partial charge in [0.25, 0.3) is 0 Å². The average Bonchev–Trinajstić information content (AvgIpc) is 2.80. The molecule has 1 fully saturated rings. The molecule has 0 saturated carbocycles. The van der Waals surface area contributed by atoms with E-state index in [1.165, 1.54) is 0 Å². The van der Waals surface area contributed by atoms with Gasteiger partial charge in [0.05, 0.1) is 11.2 Å². The summed E-state index contributed by atoms with van der Waals surface area (Å²) in [7, 11) is 1.70. The van der Waals surface area contributed by atoms with E-state index in [4.69, 9.17) is 15.2 Å². The topological polar surface area (TPSA) is 57.4 Å². The zero-order chi connectivity index (χ0) is 12.5. The highest BCUT2D eigenvalue weighted by Gasteiger charge is 2.34. The van der Waals surface area contributed by atoms with Crippen molar-refractivity contribution in [2.75, 3.05) is 20.3 Å². The van der Waals surface area contributed by atoms with Crippen LogP contribution < -0.4 is 5.73 Å². The molecule has 96 valence electrons. The molecule has 0 amide bonds. The molecular weight excluding hydrogens is 236 g/mol. The molecular formula is C12H20N2O2S. The summed E-state index contributed by atoms with van der Waals surface area (Å²) in [5.74, 6) is 0. The van der Waals surface area contributed by atoms with Crippen LogP contribution in [-0.4, -0.2) is 25.3 Å². The first kappa shape index (κ1) is 13.0. The smallest absolute Gasteiger partial charge is 0.124 e. The van der Waals surface area contributed by atoms with Crippen LogP contribution in [0.3, 0.4) is 0 Å². The van der Waals surface area contributed by atoms with Gasteiger partial charge in [0.2, 0.25) is 0 Å². The van der Waals surface area contributed by atoms with E-state index in [-0.39, 0.29) is 11.1 Å². The molecule has 2 heterocycles. The Labute approximate surface area is 106 Å². The van der Waals surface area contributed by atoms with Crippen molar-refractivity contribution >= 4 is 11.3 Å². The minimum absolute atomic E-state index is 0.323. The van der Waals surface area contributed by atoms with Gasteiger partial charge in [-0.05, 0) is 26.7 Å². The summed E-state index contributed by atoms with van der Waals surface area (Å²) in [6, 6.07) is 0. The second kappa shape index (κ2) is 4.65. The van der Waals surface area contributed by atoms with Crippen molar-refractivity contribution < 1.29 is 9.47 Å². The number of hydrogen-bond acceptors (Lipinski definition) is 5. The van der Waals surface area contributed by atoms with E-state index < -0.39 is 0 Å². The van der Waals surface area contributed by atoms with Gasteiger partial charge in [0.1, 0.15) is 10.6 Å². The van der Waals surface area contributed by atoms with Crippen molar-refractivity contribution in [3.8, 4) is 0 Å². The van der Waals surface area contributed by atoms with Crippen LogP contribution in [0, 0.1) is 0 Å². The number of thiazole rings is 1. The van der Waals surface area contributed by atoms with E-state index >= 15 is 0 Å². The first-order valence-electron chi connectivity index (χ1n) is 5.86. The molecule has 1 aliphatic rings. The van der Waals surface area contributed by atoms with Crippen molar-refractivity contribution in [2.45, 2.75) is 37.8 Å². The lowest BCUT2D eigenvalue weighted by Crippen LogP contribution is -2.42. The van der Waals surface area contributed by atoms with Gasteiger partial charge in [-0.1, -0.05) is 0 Å². The highest BCUT2D eigenvalue weighted by molar-refractivity contribution is 7.09. The average molecular weight is 256 g/mol. The molecule has 2 rings (SSSR count). The number of ether oxygens (including phenoxy) is 2. The molecule has 1 aliphatic heterocycles. The van der Waals surface area contributed by atoms with Gasteiger partial charge in [0, 0.05) is 25.7 Å². The van der Waals surface area contributed by atoms with Crippen LogP contribution >= 0.6 is 11.3 Å². The predicted molar refractivity (Wildman–Crippen MR) is 68.1 cm³/mol. The fourth-order valence-corrected chi connectivity index (χ4v) is 2.89. The third-order valence-corrected chi connectivity index (χ3v) is 4.57. The standard InChI is InChI=1S/C12H20N2O2S/c1-11(2,15-3)10-14-9(8-17-10)12(13)4-6-16-7-5-12/h8H,4-7,13H2,1-3H3. The summed E-state index contributed by atoms with van der Waals surface area (Å²) in [5.41, 5.74) is 6.71. The minimum Gasteiger partial charge on any atom is -0.381 e. The first-order valence-corrected chi connectivity index (χ1v) is 6.74. The molecule has 0 unspecified atom stereocenters. The molecule has 4 nitrogen and oxygen atoms in total. The molecule has 0 atom stereocenters. The van der Waals surface area contributed by atoms with E-state index in [1.807, 2.05) is 13.8 Å². The second-order valence-electron chi connectivity index (χ2n) is 5.02. The third-order valence-electron chi connectivity index (χ3n) is 3.42. The monoisotopic (exact) mass is 256 g/mol. The Morgan fingerprint density at radius 1 is 1.47 bits per heavy atom. The Morgan fingerprint density at radius 2 is 2.12 bits per heavy atom. The molecule has 1 aromatic heterocycles. The predicted octanol–water partition coefficient (Wildman–Crippen LogP) is 1.99. The van der Waals surface area contributed by atoms with Crippen LogP contribution in [0.1, 0.15) is 37.4 Å². The molecule has 2 N–H and O–H groups in total. The summed E-state index contributed by atoms with van der Waals surface area (Å²) in [5, 5.41) is 3.04. The Hall–Kier alpha value is -0.490. The number of hydrogen-bond donors (Lipinski definition) is 1. The van der Waals surface area contributed by atoms with Crippen molar-refractivity contribution in [1.82, 2.24) is 4.98 Å². The fourth-order valence-electron chi connectivity index (χ4n) is 1.86. The fraction of sp³-hybridized carbons (Fsp3) is 0.750. The molecule has 1 saturated heterocycles. The zero-order valence-corrected chi connectivity index (χ0v) is 11.5. The number of aromatic nitrogens is 1. The van der Waals surface area contributed by atoms with Crippen LogP contribution in [0.15, 0.2) is 5.38 Å². The van der Waals surface area contributed by atoms with Gasteiger partial charge in [-0.15, -0.1) is 11.3 Å². The lowest BCUT2D eigenvalue weighted by molar-refractivity contribution is 0.0182. The SMILES string of the molecule is COC(C)(C)c1nc(C2(N)CCOCC2)cs1. The molecule has 0 radical (unpaired) electrons. The third kappa shape index (κ3) is 2.52. The lowest BCUT2D eigenvalue weighted by atomic mass is 9.88. The van der Waals surface area contributed by atoms with Crippen LogP contribution in [0.25, 0.3) is 0 Å². The summed E-state index contributed by atoms with van der Waals surface area (Å²) >= 11 is 1.62. The van der Waals surface area contributed by atoms with Crippen molar-refractivity contribution in [3.05, 3.63) is 16.1 Å². The summed E-state index contributed by atoms with van der Waals surface area (Å²) in [4.78, 5) is 4.66.